The quantitative estimate of drug-likeness (QED) is 0.665. The predicted molar refractivity (Wildman–Crippen MR) is 51.9 cm³/mol. The van der Waals surface area contributed by atoms with Crippen LogP contribution in [0.2, 0.25) is 0 Å². The summed E-state index contributed by atoms with van der Waals surface area (Å²) in [6.07, 6.45) is 1.87. The van der Waals surface area contributed by atoms with Gasteiger partial charge in [-0.05, 0) is 12.1 Å². The molecule has 0 bridgehead atoms. The first-order valence-electron chi connectivity index (χ1n) is 4.32. The third kappa shape index (κ3) is 1.37. The number of hydrogen-bond acceptors (Lipinski definition) is 3. The molecular formula is C11H10O3. The molecule has 3 nitrogen and oxygen atoms in total. The Bertz CT molecular complexity index is 382. The molecular weight excluding hydrogens is 180 g/mol. The van der Waals surface area contributed by atoms with Gasteiger partial charge in [0.15, 0.2) is 12.4 Å². The zero-order valence-electron chi connectivity index (χ0n) is 7.77. The summed E-state index contributed by atoms with van der Waals surface area (Å²) in [5.74, 6) is 1.37. The lowest BCUT2D eigenvalue weighted by Gasteiger charge is -2.21. The first-order chi connectivity index (χ1) is 6.85. The van der Waals surface area contributed by atoms with Gasteiger partial charge in [-0.2, -0.15) is 0 Å². The Morgan fingerprint density at radius 3 is 2.93 bits per heavy atom. The van der Waals surface area contributed by atoms with Crippen LogP contribution in [-0.2, 0) is 9.53 Å². The molecule has 1 aromatic carbocycles. The maximum absolute atomic E-state index is 10.6. The van der Waals surface area contributed by atoms with Gasteiger partial charge in [0.25, 0.3) is 0 Å². The van der Waals surface area contributed by atoms with Crippen LogP contribution in [0.5, 0.6) is 5.75 Å². The summed E-state index contributed by atoms with van der Waals surface area (Å²) in [6.45, 7) is 0. The molecule has 1 heterocycles. The van der Waals surface area contributed by atoms with Crippen LogP contribution in [0.1, 0.15) is 5.56 Å². The maximum Gasteiger partial charge on any atom is 0.176 e. The van der Waals surface area contributed by atoms with Gasteiger partial charge >= 0.3 is 0 Å². The molecule has 2 rings (SSSR count). The van der Waals surface area contributed by atoms with Gasteiger partial charge in [-0.15, -0.1) is 0 Å². The number of para-hydroxylation sites is 1. The van der Waals surface area contributed by atoms with Gasteiger partial charge in [-0.1, -0.05) is 12.1 Å². The molecule has 0 saturated carbocycles. The molecule has 1 aromatic rings. The topological polar surface area (TPSA) is 35.5 Å². The minimum absolute atomic E-state index is 0.542. The Morgan fingerprint density at radius 1 is 1.43 bits per heavy atom. The third-order valence-corrected chi connectivity index (χ3v) is 2.09. The Kier molecular flexibility index (Phi) is 2.23. The number of fused-ring (bicyclic) bond motifs is 1. The standard InChI is InChI=1S/C11H10O3/c1-13-11-6-8(7-12)14-10-5-3-2-4-9(10)11/h2-8H,1H3. The summed E-state index contributed by atoms with van der Waals surface area (Å²) in [7, 11) is 1.58. The summed E-state index contributed by atoms with van der Waals surface area (Å²) in [5, 5.41) is 0. The number of benzene rings is 1. The van der Waals surface area contributed by atoms with Gasteiger partial charge in [0, 0.05) is 6.08 Å². The second kappa shape index (κ2) is 3.54. The van der Waals surface area contributed by atoms with E-state index in [2.05, 4.69) is 0 Å². The van der Waals surface area contributed by atoms with Crippen molar-refractivity contribution in [3.8, 4) is 5.75 Å². The van der Waals surface area contributed by atoms with Gasteiger partial charge in [0.05, 0.1) is 12.7 Å². The van der Waals surface area contributed by atoms with Gasteiger partial charge in [-0.25, -0.2) is 0 Å². The van der Waals surface area contributed by atoms with E-state index in [1.165, 1.54) is 0 Å². The number of rotatable bonds is 2. The van der Waals surface area contributed by atoms with Crippen LogP contribution in [0.15, 0.2) is 30.3 Å². The minimum Gasteiger partial charge on any atom is -0.496 e. The molecule has 0 spiro atoms. The molecule has 1 aliphatic heterocycles. The molecule has 0 amide bonds. The first-order valence-corrected chi connectivity index (χ1v) is 4.32. The first kappa shape index (κ1) is 8.81. The van der Waals surface area contributed by atoms with Crippen molar-refractivity contribution in [2.24, 2.45) is 0 Å². The summed E-state index contributed by atoms with van der Waals surface area (Å²) < 4.78 is 10.6. The zero-order chi connectivity index (χ0) is 9.97. The normalized spacial score (nSPS) is 18.9. The van der Waals surface area contributed by atoms with E-state index in [9.17, 15) is 4.79 Å². The fraction of sp³-hybridized carbons (Fsp3) is 0.182. The van der Waals surface area contributed by atoms with Crippen molar-refractivity contribution in [3.63, 3.8) is 0 Å². The van der Waals surface area contributed by atoms with Gasteiger partial charge in [-0.3, -0.25) is 4.79 Å². The van der Waals surface area contributed by atoms with E-state index in [0.717, 1.165) is 11.8 Å². The van der Waals surface area contributed by atoms with Crippen LogP contribution in [0.25, 0.3) is 5.76 Å². The van der Waals surface area contributed by atoms with Gasteiger partial charge in [0.2, 0.25) is 0 Å². The number of carbonyl (C=O) groups excluding carboxylic acids is 1. The molecule has 72 valence electrons. The molecule has 1 unspecified atom stereocenters. The van der Waals surface area contributed by atoms with Crippen LogP contribution in [0, 0.1) is 0 Å². The average Bonchev–Trinajstić information content (AvgIpc) is 2.27. The van der Waals surface area contributed by atoms with E-state index < -0.39 is 6.10 Å². The van der Waals surface area contributed by atoms with Crippen LogP contribution < -0.4 is 4.74 Å². The van der Waals surface area contributed by atoms with Crippen LogP contribution in [-0.4, -0.2) is 19.5 Å². The fourth-order valence-corrected chi connectivity index (χ4v) is 1.44. The molecule has 14 heavy (non-hydrogen) atoms. The minimum atomic E-state index is -0.542. The second-order valence-electron chi connectivity index (χ2n) is 2.95. The van der Waals surface area contributed by atoms with E-state index in [1.54, 1.807) is 13.2 Å². The number of hydrogen-bond donors (Lipinski definition) is 0. The van der Waals surface area contributed by atoms with Crippen molar-refractivity contribution in [1.29, 1.82) is 0 Å². The van der Waals surface area contributed by atoms with E-state index >= 15 is 0 Å². The van der Waals surface area contributed by atoms with Crippen molar-refractivity contribution >= 4 is 12.0 Å². The Labute approximate surface area is 81.9 Å². The molecule has 0 saturated heterocycles. The van der Waals surface area contributed by atoms with E-state index in [1.807, 2.05) is 24.3 Å². The number of ether oxygens (including phenoxy) is 2. The summed E-state index contributed by atoms with van der Waals surface area (Å²) in [6, 6.07) is 7.47. The Morgan fingerprint density at radius 2 is 2.21 bits per heavy atom. The SMILES string of the molecule is COC1=CC(C=O)Oc2ccccc21. The van der Waals surface area contributed by atoms with Crippen molar-refractivity contribution in [1.82, 2.24) is 0 Å². The second-order valence-corrected chi connectivity index (χ2v) is 2.95. The monoisotopic (exact) mass is 190 g/mol. The fourth-order valence-electron chi connectivity index (χ4n) is 1.44. The molecule has 1 aliphatic rings. The summed E-state index contributed by atoms with van der Waals surface area (Å²) >= 11 is 0. The van der Waals surface area contributed by atoms with E-state index in [0.29, 0.717) is 11.5 Å². The highest BCUT2D eigenvalue weighted by atomic mass is 16.5. The molecule has 1 atom stereocenters. The van der Waals surface area contributed by atoms with Crippen molar-refractivity contribution < 1.29 is 14.3 Å². The highest BCUT2D eigenvalue weighted by molar-refractivity contribution is 5.74. The lowest BCUT2D eigenvalue weighted by atomic mass is 10.1. The molecule has 0 N–H and O–H groups in total. The molecule has 0 fully saturated rings. The smallest absolute Gasteiger partial charge is 0.176 e. The van der Waals surface area contributed by atoms with Crippen molar-refractivity contribution in [2.75, 3.05) is 7.11 Å². The van der Waals surface area contributed by atoms with Crippen molar-refractivity contribution in [2.45, 2.75) is 6.10 Å². The molecule has 3 heteroatoms. The summed E-state index contributed by atoms with van der Waals surface area (Å²) in [5.41, 5.74) is 0.883. The van der Waals surface area contributed by atoms with E-state index in [-0.39, 0.29) is 0 Å². The predicted octanol–water partition coefficient (Wildman–Crippen LogP) is 1.63. The van der Waals surface area contributed by atoms with Crippen LogP contribution in [0.4, 0.5) is 0 Å². The largest absolute Gasteiger partial charge is 0.496 e. The molecule has 0 radical (unpaired) electrons. The molecule has 0 aliphatic carbocycles. The lowest BCUT2D eigenvalue weighted by molar-refractivity contribution is -0.112. The Hall–Kier alpha value is -1.77. The highest BCUT2D eigenvalue weighted by Gasteiger charge is 2.19. The number of carbonyl (C=O) groups is 1. The average molecular weight is 190 g/mol. The van der Waals surface area contributed by atoms with Gasteiger partial charge in [0.1, 0.15) is 11.5 Å². The van der Waals surface area contributed by atoms with E-state index in [4.69, 9.17) is 9.47 Å². The van der Waals surface area contributed by atoms with Gasteiger partial charge < -0.3 is 9.47 Å². The third-order valence-electron chi connectivity index (χ3n) is 2.09. The number of aldehydes is 1. The van der Waals surface area contributed by atoms with Crippen molar-refractivity contribution in [3.05, 3.63) is 35.9 Å². The maximum atomic E-state index is 10.6. The van der Waals surface area contributed by atoms with Crippen LogP contribution in [0.3, 0.4) is 0 Å². The highest BCUT2D eigenvalue weighted by Crippen LogP contribution is 2.31. The Balaban J connectivity index is 2.47. The zero-order valence-corrected chi connectivity index (χ0v) is 7.77. The lowest BCUT2D eigenvalue weighted by Crippen LogP contribution is -2.20. The number of methoxy groups -OCH3 is 1. The molecule has 0 aromatic heterocycles. The summed E-state index contributed by atoms with van der Waals surface area (Å²) in [4.78, 5) is 10.6. The van der Waals surface area contributed by atoms with Crippen LogP contribution >= 0.6 is 0 Å².